The Hall–Kier alpha value is -1.33. The fraction of sp³-hybridized carbons (Fsp3) is 0.455. The first kappa shape index (κ1) is 12.7. The lowest BCUT2D eigenvalue weighted by Crippen LogP contribution is -2.34. The van der Waals surface area contributed by atoms with E-state index in [-0.39, 0.29) is 12.4 Å². The van der Waals surface area contributed by atoms with Crippen LogP contribution < -0.4 is 15.4 Å². The van der Waals surface area contributed by atoms with Gasteiger partial charge in [0.1, 0.15) is 11.6 Å². The SMILES string of the molecule is COc1ccc(F)cc1N(C)CC(O)CN. The largest absolute Gasteiger partial charge is 0.495 e. The standard InChI is InChI=1S/C11H17FN2O2/c1-14(7-9(15)6-13)10-5-8(12)3-4-11(10)16-2/h3-5,9,15H,6-7,13H2,1-2H3. The molecule has 0 bridgehead atoms. The summed E-state index contributed by atoms with van der Waals surface area (Å²) in [5.74, 6) is 0.220. The van der Waals surface area contributed by atoms with Crippen molar-refractivity contribution < 1.29 is 14.2 Å². The predicted octanol–water partition coefficient (Wildman–Crippen LogP) is 0.590. The summed E-state index contributed by atoms with van der Waals surface area (Å²) in [6.07, 6.45) is -0.641. The quantitative estimate of drug-likeness (QED) is 0.774. The van der Waals surface area contributed by atoms with Crippen molar-refractivity contribution >= 4 is 5.69 Å². The highest BCUT2D eigenvalue weighted by Crippen LogP contribution is 2.27. The summed E-state index contributed by atoms with van der Waals surface area (Å²) in [6.45, 7) is 0.498. The predicted molar refractivity (Wildman–Crippen MR) is 61.3 cm³/mol. The van der Waals surface area contributed by atoms with E-state index < -0.39 is 6.10 Å². The lowest BCUT2D eigenvalue weighted by molar-refractivity contribution is 0.189. The molecule has 3 N–H and O–H groups in total. The number of hydrogen-bond acceptors (Lipinski definition) is 4. The van der Waals surface area contributed by atoms with E-state index in [1.165, 1.54) is 19.2 Å². The van der Waals surface area contributed by atoms with Gasteiger partial charge in [0.25, 0.3) is 0 Å². The minimum atomic E-state index is -0.641. The maximum absolute atomic E-state index is 13.1. The molecule has 0 aliphatic rings. The summed E-state index contributed by atoms with van der Waals surface area (Å²) in [7, 11) is 3.26. The molecule has 1 aromatic rings. The molecule has 16 heavy (non-hydrogen) atoms. The summed E-state index contributed by atoms with van der Waals surface area (Å²) >= 11 is 0. The molecule has 0 saturated carbocycles. The van der Waals surface area contributed by atoms with Gasteiger partial charge in [0.15, 0.2) is 0 Å². The number of methoxy groups -OCH3 is 1. The molecule has 1 atom stereocenters. The van der Waals surface area contributed by atoms with Gasteiger partial charge >= 0.3 is 0 Å². The maximum Gasteiger partial charge on any atom is 0.142 e. The Morgan fingerprint density at radius 2 is 2.25 bits per heavy atom. The van der Waals surface area contributed by atoms with Gasteiger partial charge in [0, 0.05) is 26.2 Å². The van der Waals surface area contributed by atoms with Crippen LogP contribution in [0.1, 0.15) is 0 Å². The lowest BCUT2D eigenvalue weighted by Gasteiger charge is -2.23. The van der Waals surface area contributed by atoms with Crippen molar-refractivity contribution in [3.63, 3.8) is 0 Å². The monoisotopic (exact) mass is 228 g/mol. The van der Waals surface area contributed by atoms with Crippen molar-refractivity contribution in [1.82, 2.24) is 0 Å². The Bertz CT molecular complexity index is 347. The molecule has 0 aliphatic carbocycles. The second-order valence-corrected chi connectivity index (χ2v) is 3.59. The van der Waals surface area contributed by atoms with Gasteiger partial charge in [-0.2, -0.15) is 0 Å². The van der Waals surface area contributed by atoms with Gasteiger partial charge in [0.2, 0.25) is 0 Å². The summed E-state index contributed by atoms with van der Waals surface area (Å²) in [4.78, 5) is 1.71. The van der Waals surface area contributed by atoms with Gasteiger partial charge in [0.05, 0.1) is 18.9 Å². The molecule has 0 aromatic heterocycles. The van der Waals surface area contributed by atoms with Gasteiger partial charge in [-0.3, -0.25) is 0 Å². The average molecular weight is 228 g/mol. The van der Waals surface area contributed by atoms with Crippen LogP contribution in [0.25, 0.3) is 0 Å². The van der Waals surface area contributed by atoms with Crippen molar-refractivity contribution in [2.75, 3.05) is 32.1 Å². The Morgan fingerprint density at radius 3 is 2.81 bits per heavy atom. The van der Waals surface area contributed by atoms with Gasteiger partial charge in [-0.15, -0.1) is 0 Å². The van der Waals surface area contributed by atoms with E-state index >= 15 is 0 Å². The fourth-order valence-electron chi connectivity index (χ4n) is 1.45. The van der Waals surface area contributed by atoms with Crippen LogP contribution in [-0.4, -0.2) is 38.5 Å². The zero-order valence-corrected chi connectivity index (χ0v) is 9.48. The summed E-state index contributed by atoms with van der Waals surface area (Å²) in [5.41, 5.74) is 5.91. The number of anilines is 1. The van der Waals surface area contributed by atoms with E-state index in [0.717, 1.165) is 0 Å². The lowest BCUT2D eigenvalue weighted by atomic mass is 10.2. The molecule has 0 radical (unpaired) electrons. The number of hydrogen-bond donors (Lipinski definition) is 2. The first-order valence-corrected chi connectivity index (χ1v) is 5.01. The number of likely N-dealkylation sites (N-methyl/N-ethyl adjacent to an activating group) is 1. The number of ether oxygens (including phenoxy) is 1. The number of rotatable bonds is 5. The molecular formula is C11H17FN2O2. The Kier molecular flexibility index (Phi) is 4.52. The number of aliphatic hydroxyl groups is 1. The Labute approximate surface area is 94.4 Å². The van der Waals surface area contributed by atoms with Crippen LogP contribution in [0, 0.1) is 5.82 Å². The highest BCUT2D eigenvalue weighted by Gasteiger charge is 2.12. The third-order valence-corrected chi connectivity index (χ3v) is 2.31. The molecule has 0 saturated heterocycles. The van der Waals surface area contributed by atoms with E-state index in [0.29, 0.717) is 18.0 Å². The van der Waals surface area contributed by atoms with Crippen LogP contribution in [0.2, 0.25) is 0 Å². The molecule has 0 amide bonds. The van der Waals surface area contributed by atoms with Gasteiger partial charge in [-0.05, 0) is 12.1 Å². The molecular weight excluding hydrogens is 211 g/mol. The smallest absolute Gasteiger partial charge is 0.142 e. The van der Waals surface area contributed by atoms with E-state index in [1.54, 1.807) is 18.0 Å². The molecule has 1 aromatic carbocycles. The van der Waals surface area contributed by atoms with E-state index in [4.69, 9.17) is 10.5 Å². The zero-order valence-electron chi connectivity index (χ0n) is 9.48. The molecule has 4 nitrogen and oxygen atoms in total. The van der Waals surface area contributed by atoms with Crippen molar-refractivity contribution in [2.24, 2.45) is 5.73 Å². The van der Waals surface area contributed by atoms with E-state index in [2.05, 4.69) is 0 Å². The fourth-order valence-corrected chi connectivity index (χ4v) is 1.45. The molecule has 1 unspecified atom stereocenters. The zero-order chi connectivity index (χ0) is 12.1. The van der Waals surface area contributed by atoms with Crippen molar-refractivity contribution in [2.45, 2.75) is 6.10 Å². The highest BCUT2D eigenvalue weighted by molar-refractivity contribution is 5.58. The Morgan fingerprint density at radius 1 is 1.56 bits per heavy atom. The minimum Gasteiger partial charge on any atom is -0.495 e. The van der Waals surface area contributed by atoms with Gasteiger partial charge < -0.3 is 20.5 Å². The number of aliphatic hydroxyl groups excluding tert-OH is 1. The first-order valence-electron chi connectivity index (χ1n) is 5.01. The molecule has 0 spiro atoms. The number of nitrogens with two attached hydrogens (primary N) is 1. The first-order chi connectivity index (χ1) is 7.58. The van der Waals surface area contributed by atoms with Crippen LogP contribution in [0.15, 0.2) is 18.2 Å². The minimum absolute atomic E-state index is 0.169. The van der Waals surface area contributed by atoms with Crippen LogP contribution in [0.3, 0.4) is 0 Å². The van der Waals surface area contributed by atoms with Gasteiger partial charge in [-0.1, -0.05) is 0 Å². The number of benzene rings is 1. The second-order valence-electron chi connectivity index (χ2n) is 3.59. The number of halogens is 1. The van der Waals surface area contributed by atoms with E-state index in [9.17, 15) is 9.50 Å². The Balaban J connectivity index is 2.88. The average Bonchev–Trinajstić information content (AvgIpc) is 2.28. The van der Waals surface area contributed by atoms with Crippen molar-refractivity contribution in [3.8, 4) is 5.75 Å². The molecule has 5 heteroatoms. The third kappa shape index (κ3) is 3.08. The third-order valence-electron chi connectivity index (χ3n) is 2.31. The van der Waals surface area contributed by atoms with E-state index in [1.807, 2.05) is 0 Å². The van der Waals surface area contributed by atoms with Gasteiger partial charge in [-0.25, -0.2) is 4.39 Å². The normalized spacial score (nSPS) is 12.3. The maximum atomic E-state index is 13.1. The van der Waals surface area contributed by atoms with Crippen LogP contribution in [-0.2, 0) is 0 Å². The molecule has 1 rings (SSSR count). The summed E-state index contributed by atoms with van der Waals surface area (Å²) in [6, 6.07) is 4.24. The van der Waals surface area contributed by atoms with Crippen molar-refractivity contribution in [3.05, 3.63) is 24.0 Å². The highest BCUT2D eigenvalue weighted by atomic mass is 19.1. The van der Waals surface area contributed by atoms with Crippen molar-refractivity contribution in [1.29, 1.82) is 0 Å². The van der Waals surface area contributed by atoms with Crippen LogP contribution >= 0.6 is 0 Å². The molecule has 90 valence electrons. The molecule has 0 fully saturated rings. The topological polar surface area (TPSA) is 58.7 Å². The second kappa shape index (κ2) is 5.67. The summed E-state index contributed by atoms with van der Waals surface area (Å²) < 4.78 is 18.2. The van der Waals surface area contributed by atoms with Crippen LogP contribution in [0.4, 0.5) is 10.1 Å². The summed E-state index contributed by atoms with van der Waals surface area (Å²) in [5, 5.41) is 9.42. The number of nitrogens with zero attached hydrogens (tertiary/aromatic N) is 1. The molecule has 0 aliphatic heterocycles. The molecule has 0 heterocycles. The van der Waals surface area contributed by atoms with Crippen LogP contribution in [0.5, 0.6) is 5.75 Å².